The van der Waals surface area contributed by atoms with E-state index in [-0.39, 0.29) is 53.7 Å². The minimum Gasteiger partial charge on any atom is -0.550 e. The van der Waals surface area contributed by atoms with Crippen LogP contribution in [0.1, 0.15) is 119 Å². The van der Waals surface area contributed by atoms with Crippen molar-refractivity contribution in [3.8, 4) is 0 Å². The third kappa shape index (κ3) is 27.6. The quantitative estimate of drug-likeness (QED) is 0.314. The van der Waals surface area contributed by atoms with Crippen LogP contribution in [0.2, 0.25) is 0 Å². The first-order chi connectivity index (χ1) is 14.2. The van der Waals surface area contributed by atoms with Crippen molar-refractivity contribution in [1.29, 1.82) is 0 Å². The summed E-state index contributed by atoms with van der Waals surface area (Å²) in [6, 6.07) is 0. The molecule has 0 aromatic carbocycles. The molecule has 0 rings (SSSR count). The van der Waals surface area contributed by atoms with Gasteiger partial charge < -0.3 is 29.7 Å². The van der Waals surface area contributed by atoms with Gasteiger partial charge in [0.25, 0.3) is 0 Å². The Hall–Kier alpha value is -0.473. The summed E-state index contributed by atoms with van der Waals surface area (Å²) < 4.78 is 0. The zero-order valence-corrected chi connectivity index (χ0v) is 23.7. The fourth-order valence-corrected chi connectivity index (χ4v) is 2.82. The first-order valence-corrected chi connectivity index (χ1v) is 11.8. The van der Waals surface area contributed by atoms with Crippen LogP contribution < -0.4 is 15.3 Å². The predicted octanol–water partition coefficient (Wildman–Crippen LogP) is 2.47. The molecule has 0 N–H and O–H groups in total. The van der Waals surface area contributed by atoms with Gasteiger partial charge in [-0.15, -0.1) is 0 Å². The van der Waals surface area contributed by atoms with E-state index >= 15 is 0 Å². The predicted molar refractivity (Wildman–Crippen MR) is 121 cm³/mol. The zero-order valence-electron chi connectivity index (χ0n) is 21.2. The molecule has 185 valence electrons. The van der Waals surface area contributed by atoms with Crippen LogP contribution in [0.25, 0.3) is 0 Å². The average Bonchev–Trinajstić information content (AvgIpc) is 2.70. The smallest absolute Gasteiger partial charge is 0.550 e. The fraction of sp³-hybridized carbons (Fsp3) is 0.875. The van der Waals surface area contributed by atoms with Crippen molar-refractivity contribution in [2.75, 3.05) is 0 Å². The summed E-state index contributed by atoms with van der Waals surface area (Å²) in [4.78, 5) is 31.0. The third-order valence-corrected chi connectivity index (χ3v) is 5.20. The van der Waals surface area contributed by atoms with Gasteiger partial charge in [0.15, 0.2) is 0 Å². The van der Waals surface area contributed by atoms with Crippen LogP contribution in [0.15, 0.2) is 0 Å². The van der Waals surface area contributed by atoms with E-state index in [1.807, 2.05) is 20.8 Å². The second-order valence-electron chi connectivity index (χ2n) is 7.70. The summed E-state index contributed by atoms with van der Waals surface area (Å²) in [7, 11) is 0. The number of carbonyl (C=O) groups excluding carboxylic acids is 3. The molecule has 8 heteroatoms. The monoisotopic (exact) mass is 507 g/mol. The maximum atomic E-state index is 10.3. The number of carbonyl (C=O) groups is 3. The minimum absolute atomic E-state index is 0. The molecule has 6 nitrogen and oxygen atoms in total. The fourth-order valence-electron chi connectivity index (χ4n) is 2.82. The number of rotatable bonds is 15. The zero-order chi connectivity index (χ0) is 23.9. The summed E-state index contributed by atoms with van der Waals surface area (Å²) in [6.07, 6.45) is 10.6. The molecule has 0 aromatic rings. The van der Waals surface area contributed by atoms with Crippen LogP contribution in [0.5, 0.6) is 0 Å². The number of hydrogen-bond donors (Lipinski definition) is 0. The molecule has 3 unspecified atom stereocenters. The van der Waals surface area contributed by atoms with Crippen molar-refractivity contribution in [2.24, 2.45) is 17.8 Å². The molecule has 0 spiro atoms. The number of aliphatic carboxylic acids is 3. The van der Waals surface area contributed by atoms with Gasteiger partial charge in [0.1, 0.15) is 0 Å². The molecule has 1 radical (unpaired) electrons. The Kier molecular flexibility index (Phi) is 39.8. The molecule has 32 heavy (non-hydrogen) atoms. The van der Waals surface area contributed by atoms with E-state index in [0.29, 0.717) is 19.3 Å². The van der Waals surface area contributed by atoms with Gasteiger partial charge in [0.2, 0.25) is 0 Å². The largest absolute Gasteiger partial charge is 3.00 e. The Bertz CT molecular complexity index is 373. The van der Waals surface area contributed by atoms with Crippen molar-refractivity contribution < 1.29 is 48.3 Å². The molecular formula is C24H45AlO6V. The van der Waals surface area contributed by atoms with Crippen LogP contribution in [-0.2, 0) is 32.9 Å². The molecular weight excluding hydrogens is 462 g/mol. The number of carboxylic acids is 3. The van der Waals surface area contributed by atoms with Crippen molar-refractivity contribution in [3.63, 3.8) is 0 Å². The van der Waals surface area contributed by atoms with E-state index in [2.05, 4.69) is 20.8 Å². The van der Waals surface area contributed by atoms with Gasteiger partial charge in [0.05, 0.1) is 0 Å². The van der Waals surface area contributed by atoms with Crippen LogP contribution >= 0.6 is 0 Å². The average molecular weight is 508 g/mol. The Morgan fingerprint density at radius 3 is 0.812 bits per heavy atom. The van der Waals surface area contributed by atoms with Crippen molar-refractivity contribution in [3.05, 3.63) is 0 Å². The van der Waals surface area contributed by atoms with E-state index < -0.39 is 17.9 Å². The van der Waals surface area contributed by atoms with Crippen molar-refractivity contribution >= 4 is 35.3 Å². The molecule has 0 bridgehead atoms. The van der Waals surface area contributed by atoms with Crippen LogP contribution in [0.4, 0.5) is 0 Å². The van der Waals surface area contributed by atoms with Crippen LogP contribution in [-0.4, -0.2) is 35.3 Å². The van der Waals surface area contributed by atoms with Gasteiger partial charge in [-0.3, -0.25) is 0 Å². The second-order valence-corrected chi connectivity index (χ2v) is 7.70. The molecule has 0 saturated carbocycles. The molecule has 0 saturated heterocycles. The molecule has 0 amide bonds. The van der Waals surface area contributed by atoms with E-state index in [1.54, 1.807) is 0 Å². The minimum atomic E-state index is -0.893. The number of hydrogen-bond acceptors (Lipinski definition) is 6. The standard InChI is InChI=1S/3C8H16O2.Al.V/c3*1-3-5-6-7(4-2)8(9)10;;/h3*7H,3-6H2,1-2H3,(H,9,10);;/q;;;+3;/p-3. The molecule has 0 heterocycles. The molecule has 0 aliphatic carbocycles. The van der Waals surface area contributed by atoms with E-state index in [4.69, 9.17) is 0 Å². The van der Waals surface area contributed by atoms with Crippen LogP contribution in [0, 0.1) is 17.8 Å². The van der Waals surface area contributed by atoms with Gasteiger partial charge in [0, 0.05) is 36.5 Å². The maximum Gasteiger partial charge on any atom is 3.00 e. The van der Waals surface area contributed by atoms with Gasteiger partial charge in [-0.25, -0.2) is 0 Å². The molecule has 0 aliphatic heterocycles. The molecule has 0 aliphatic rings. The Morgan fingerprint density at radius 2 is 0.719 bits per heavy atom. The van der Waals surface area contributed by atoms with E-state index in [9.17, 15) is 29.7 Å². The third-order valence-electron chi connectivity index (χ3n) is 5.20. The van der Waals surface area contributed by atoms with E-state index in [0.717, 1.165) is 57.8 Å². The number of unbranched alkanes of at least 4 members (excludes halogenated alkanes) is 3. The second kappa shape index (κ2) is 30.5. The Morgan fingerprint density at radius 1 is 0.531 bits per heavy atom. The van der Waals surface area contributed by atoms with Gasteiger partial charge in [-0.1, -0.05) is 80.1 Å². The molecule has 0 fully saturated rings. The topological polar surface area (TPSA) is 120 Å². The summed E-state index contributed by atoms with van der Waals surface area (Å²) in [5.41, 5.74) is 0. The first-order valence-electron chi connectivity index (χ1n) is 11.8. The van der Waals surface area contributed by atoms with Gasteiger partial charge >= 0.3 is 17.4 Å². The SMILES string of the molecule is CCCCC(CC)C(=O)[O-].CCCCC(CC)C(=O)[O-].CCCCC(CC)C(=O)[O-].[Al+3].[V]. The van der Waals surface area contributed by atoms with Gasteiger partial charge in [-0.2, -0.15) is 0 Å². The molecule has 0 aromatic heterocycles. The maximum absolute atomic E-state index is 10.3. The molecule has 3 atom stereocenters. The summed E-state index contributed by atoms with van der Waals surface area (Å²) in [5.74, 6) is -3.34. The van der Waals surface area contributed by atoms with E-state index in [1.165, 1.54) is 0 Å². The summed E-state index contributed by atoms with van der Waals surface area (Å²) in [6.45, 7) is 11.8. The van der Waals surface area contributed by atoms with Crippen molar-refractivity contribution in [2.45, 2.75) is 119 Å². The summed E-state index contributed by atoms with van der Waals surface area (Å²) in [5, 5.41) is 31.0. The Labute approximate surface area is 219 Å². The Balaban J connectivity index is -0.000000110. The normalized spacial score (nSPS) is 12.2. The summed E-state index contributed by atoms with van der Waals surface area (Å²) >= 11 is 0. The van der Waals surface area contributed by atoms with Crippen LogP contribution in [0.3, 0.4) is 0 Å². The first kappa shape index (κ1) is 41.8. The van der Waals surface area contributed by atoms with Gasteiger partial charge in [-0.05, 0) is 56.3 Å². The van der Waals surface area contributed by atoms with Crippen molar-refractivity contribution in [1.82, 2.24) is 0 Å². The number of carboxylic acid groups (broad SMARTS) is 3.